The summed E-state index contributed by atoms with van der Waals surface area (Å²) < 4.78 is 8.60. The maximum Gasteiger partial charge on any atom is 0.410 e. The van der Waals surface area contributed by atoms with E-state index in [0.29, 0.717) is 0 Å². The minimum Gasteiger partial charge on any atom is -0.444 e. The van der Waals surface area contributed by atoms with E-state index in [2.05, 4.69) is 10.1 Å². The molecule has 1 saturated heterocycles. The smallest absolute Gasteiger partial charge is 0.410 e. The first-order chi connectivity index (χ1) is 14.2. The molecular formula is C22H31N5O3. The van der Waals surface area contributed by atoms with Crippen molar-refractivity contribution < 1.29 is 9.53 Å². The molecular weight excluding hydrogens is 382 g/mol. The summed E-state index contributed by atoms with van der Waals surface area (Å²) in [5, 5.41) is 4.09. The van der Waals surface area contributed by atoms with Crippen LogP contribution >= 0.6 is 0 Å². The topological polar surface area (TPSA) is 84.6 Å². The fraction of sp³-hybridized carbons (Fsp3) is 0.500. The van der Waals surface area contributed by atoms with Gasteiger partial charge in [0.2, 0.25) is 0 Å². The number of ether oxygens (including phenoxy) is 1. The molecule has 0 unspecified atom stereocenters. The van der Waals surface area contributed by atoms with Crippen molar-refractivity contribution in [2.75, 3.05) is 13.1 Å². The standard InChI is InChI=1S/C11H10N4O.C11H21NO2/c1-14-7-9(6-13-14)8-4-10-12-2-3-15(10)11(16)5-8;1-11(2,3)14-10(13)12-8-6-4-5-7-9-12/h2-7,12H,1H3;4-9H2,1-3H3. The maximum atomic E-state index is 11.8. The van der Waals surface area contributed by atoms with Gasteiger partial charge in [0.05, 0.1) is 6.20 Å². The molecule has 4 heterocycles. The lowest BCUT2D eigenvalue weighted by Gasteiger charge is -2.26. The number of aryl methyl sites for hydroxylation is 1. The summed E-state index contributed by atoms with van der Waals surface area (Å²) in [6, 6.07) is 3.54. The Morgan fingerprint density at radius 1 is 1.10 bits per heavy atom. The lowest BCUT2D eigenvalue weighted by Crippen LogP contribution is -2.37. The van der Waals surface area contributed by atoms with Crippen LogP contribution in [0.3, 0.4) is 0 Å². The van der Waals surface area contributed by atoms with Gasteiger partial charge < -0.3 is 14.6 Å². The summed E-state index contributed by atoms with van der Waals surface area (Å²) in [6.45, 7) is 7.43. The third-order valence-corrected chi connectivity index (χ3v) is 4.82. The van der Waals surface area contributed by atoms with E-state index in [1.54, 1.807) is 33.7 Å². The Morgan fingerprint density at radius 3 is 2.40 bits per heavy atom. The molecule has 162 valence electrons. The summed E-state index contributed by atoms with van der Waals surface area (Å²) in [5.41, 5.74) is 2.19. The third kappa shape index (κ3) is 5.75. The summed E-state index contributed by atoms with van der Waals surface area (Å²) in [7, 11) is 1.85. The number of amides is 1. The molecule has 1 amide bonds. The van der Waals surface area contributed by atoms with Crippen LogP contribution in [-0.2, 0) is 11.8 Å². The molecule has 3 aromatic rings. The maximum absolute atomic E-state index is 11.8. The van der Waals surface area contributed by atoms with E-state index in [-0.39, 0.29) is 17.3 Å². The molecule has 1 N–H and O–H groups in total. The third-order valence-electron chi connectivity index (χ3n) is 4.82. The molecule has 8 nitrogen and oxygen atoms in total. The average Bonchev–Trinajstić information content (AvgIpc) is 3.22. The van der Waals surface area contributed by atoms with Gasteiger partial charge in [-0.1, -0.05) is 12.8 Å². The normalized spacial score (nSPS) is 14.7. The van der Waals surface area contributed by atoms with E-state index in [9.17, 15) is 9.59 Å². The molecule has 0 bridgehead atoms. The number of H-pyrrole nitrogens is 1. The number of pyridine rings is 1. The zero-order chi connectivity index (χ0) is 21.7. The van der Waals surface area contributed by atoms with E-state index in [1.165, 1.54) is 12.8 Å². The molecule has 0 saturated carbocycles. The molecule has 8 heteroatoms. The molecule has 0 spiro atoms. The zero-order valence-corrected chi connectivity index (χ0v) is 18.2. The van der Waals surface area contributed by atoms with Crippen molar-refractivity contribution in [2.24, 2.45) is 7.05 Å². The Labute approximate surface area is 176 Å². The van der Waals surface area contributed by atoms with E-state index >= 15 is 0 Å². The molecule has 1 aliphatic heterocycles. The lowest BCUT2D eigenvalue weighted by atomic mass is 10.1. The molecule has 3 aromatic heterocycles. The summed E-state index contributed by atoms with van der Waals surface area (Å²) >= 11 is 0. The highest BCUT2D eigenvalue weighted by molar-refractivity contribution is 5.68. The number of carbonyl (C=O) groups excluding carboxylic acids is 1. The van der Waals surface area contributed by atoms with Crippen molar-refractivity contribution in [1.82, 2.24) is 24.1 Å². The zero-order valence-electron chi connectivity index (χ0n) is 18.2. The minimum absolute atomic E-state index is 0.0439. The lowest BCUT2D eigenvalue weighted by molar-refractivity contribution is 0.0257. The predicted molar refractivity (Wildman–Crippen MR) is 116 cm³/mol. The van der Waals surface area contributed by atoms with Crippen molar-refractivity contribution in [3.8, 4) is 11.1 Å². The SMILES string of the molecule is CC(C)(C)OC(=O)N1CCCCCC1.Cn1cc(-c2cc(=O)n3cc[nH]c3c2)cn1. The fourth-order valence-corrected chi connectivity index (χ4v) is 3.36. The van der Waals surface area contributed by atoms with Crippen LogP contribution in [0.4, 0.5) is 4.79 Å². The minimum atomic E-state index is -0.372. The molecule has 1 fully saturated rings. The van der Waals surface area contributed by atoms with E-state index in [1.807, 2.05) is 45.0 Å². The first-order valence-corrected chi connectivity index (χ1v) is 10.4. The van der Waals surface area contributed by atoms with Crippen molar-refractivity contribution in [2.45, 2.75) is 52.1 Å². The Morgan fingerprint density at radius 2 is 1.80 bits per heavy atom. The van der Waals surface area contributed by atoms with Gasteiger partial charge in [-0.05, 0) is 45.2 Å². The molecule has 0 aliphatic carbocycles. The van der Waals surface area contributed by atoms with Gasteiger partial charge in [0.1, 0.15) is 11.2 Å². The van der Waals surface area contributed by atoms with E-state index in [0.717, 1.165) is 42.7 Å². The van der Waals surface area contributed by atoms with Crippen LogP contribution in [0.1, 0.15) is 46.5 Å². The number of nitrogens with one attached hydrogen (secondary N) is 1. The average molecular weight is 414 g/mol. The van der Waals surface area contributed by atoms with Crippen molar-refractivity contribution >= 4 is 11.7 Å². The molecule has 0 atom stereocenters. The van der Waals surface area contributed by atoms with Crippen LogP contribution in [0.2, 0.25) is 0 Å². The highest BCUT2D eigenvalue weighted by Gasteiger charge is 2.22. The molecule has 0 aromatic carbocycles. The highest BCUT2D eigenvalue weighted by atomic mass is 16.6. The predicted octanol–water partition coefficient (Wildman–Crippen LogP) is 3.83. The number of aromatic amines is 1. The van der Waals surface area contributed by atoms with Gasteiger partial charge in [0.15, 0.2) is 0 Å². The summed E-state index contributed by atoms with van der Waals surface area (Å²) in [6.07, 6.45) is 11.6. The molecule has 0 radical (unpaired) electrons. The molecule has 4 rings (SSSR count). The first-order valence-electron chi connectivity index (χ1n) is 10.4. The van der Waals surface area contributed by atoms with Gasteiger partial charge in [-0.2, -0.15) is 5.10 Å². The first kappa shape index (κ1) is 21.7. The van der Waals surface area contributed by atoms with Crippen LogP contribution in [-0.4, -0.2) is 48.8 Å². The Kier molecular flexibility index (Phi) is 6.64. The quantitative estimate of drug-likeness (QED) is 0.657. The Hall–Kier alpha value is -3.03. The monoisotopic (exact) mass is 413 g/mol. The second-order valence-electron chi connectivity index (χ2n) is 8.58. The van der Waals surface area contributed by atoms with Gasteiger partial charge in [-0.25, -0.2) is 4.79 Å². The van der Waals surface area contributed by atoms with Gasteiger partial charge in [-0.3, -0.25) is 13.9 Å². The largest absolute Gasteiger partial charge is 0.444 e. The van der Waals surface area contributed by atoms with Crippen LogP contribution in [0.15, 0.2) is 41.7 Å². The molecule has 30 heavy (non-hydrogen) atoms. The van der Waals surface area contributed by atoms with Gasteiger partial charge in [-0.15, -0.1) is 0 Å². The van der Waals surface area contributed by atoms with E-state index < -0.39 is 0 Å². The van der Waals surface area contributed by atoms with Crippen LogP contribution < -0.4 is 5.56 Å². The van der Waals surface area contributed by atoms with Crippen LogP contribution in [0.25, 0.3) is 16.8 Å². The molecule has 1 aliphatic rings. The second-order valence-corrected chi connectivity index (χ2v) is 8.58. The van der Waals surface area contributed by atoms with Gasteiger partial charge >= 0.3 is 6.09 Å². The number of carbonyl (C=O) groups is 1. The van der Waals surface area contributed by atoms with Gasteiger partial charge in [0, 0.05) is 50.4 Å². The van der Waals surface area contributed by atoms with Crippen molar-refractivity contribution in [1.29, 1.82) is 0 Å². The second kappa shape index (κ2) is 9.19. The van der Waals surface area contributed by atoms with Crippen molar-refractivity contribution in [3.63, 3.8) is 0 Å². The number of hydrogen-bond donors (Lipinski definition) is 1. The Bertz CT molecular complexity index is 1030. The number of fused-ring (bicyclic) bond motifs is 1. The fourth-order valence-electron chi connectivity index (χ4n) is 3.36. The van der Waals surface area contributed by atoms with Crippen LogP contribution in [0.5, 0.6) is 0 Å². The summed E-state index contributed by atoms with van der Waals surface area (Å²) in [5.74, 6) is 0. The van der Waals surface area contributed by atoms with Crippen LogP contribution in [0, 0.1) is 0 Å². The number of likely N-dealkylation sites (tertiary alicyclic amines) is 1. The Balaban J connectivity index is 0.000000173. The number of hydrogen-bond acceptors (Lipinski definition) is 4. The number of rotatable bonds is 1. The van der Waals surface area contributed by atoms with Crippen molar-refractivity contribution in [3.05, 3.63) is 47.3 Å². The highest BCUT2D eigenvalue weighted by Crippen LogP contribution is 2.17. The number of aromatic nitrogens is 4. The number of imidazole rings is 1. The number of nitrogens with zero attached hydrogens (tertiary/aromatic N) is 4. The van der Waals surface area contributed by atoms with E-state index in [4.69, 9.17) is 4.74 Å². The summed E-state index contributed by atoms with van der Waals surface area (Å²) in [4.78, 5) is 28.3. The van der Waals surface area contributed by atoms with Gasteiger partial charge in [0.25, 0.3) is 5.56 Å².